The van der Waals surface area contributed by atoms with E-state index in [0.717, 1.165) is 25.4 Å². The molecule has 0 aromatic carbocycles. The Bertz CT molecular complexity index is 548. The molecule has 8 nitrogen and oxygen atoms in total. The molecule has 108 valence electrons. The summed E-state index contributed by atoms with van der Waals surface area (Å²) in [5, 5.41) is 20.0. The molecular weight excluding hydrogens is 264 g/mol. The maximum atomic E-state index is 11.3. The summed E-state index contributed by atoms with van der Waals surface area (Å²) in [6, 6.07) is 1.16. The smallest absolute Gasteiger partial charge is 0.339 e. The Balaban J connectivity index is 2.40. The first kappa shape index (κ1) is 14.2. The molecule has 1 unspecified atom stereocenters. The third kappa shape index (κ3) is 2.69. The number of pyridine rings is 1. The van der Waals surface area contributed by atoms with Crippen LogP contribution < -0.4 is 4.90 Å². The maximum Gasteiger partial charge on any atom is 0.339 e. The molecule has 0 amide bonds. The zero-order valence-electron chi connectivity index (χ0n) is 11.3. The van der Waals surface area contributed by atoms with Crippen molar-refractivity contribution in [3.05, 3.63) is 27.9 Å². The summed E-state index contributed by atoms with van der Waals surface area (Å²) in [6.45, 7) is 4.20. The fourth-order valence-corrected chi connectivity index (χ4v) is 2.39. The molecule has 1 aliphatic heterocycles. The molecule has 1 fully saturated rings. The van der Waals surface area contributed by atoms with Crippen molar-refractivity contribution in [2.24, 2.45) is 0 Å². The second kappa shape index (κ2) is 5.41. The van der Waals surface area contributed by atoms with Crippen LogP contribution in [0.5, 0.6) is 0 Å². The lowest BCUT2D eigenvalue weighted by atomic mass is 10.1. The number of hydrogen-bond donors (Lipinski definition) is 1. The number of carboxylic acids is 1. The van der Waals surface area contributed by atoms with E-state index < -0.39 is 10.9 Å². The van der Waals surface area contributed by atoms with Gasteiger partial charge in [-0.1, -0.05) is 0 Å². The van der Waals surface area contributed by atoms with Crippen LogP contribution in [0.25, 0.3) is 0 Å². The molecule has 0 radical (unpaired) electrons. The van der Waals surface area contributed by atoms with Crippen LogP contribution in [0.4, 0.5) is 11.5 Å². The molecule has 1 atom stereocenters. The Morgan fingerprint density at radius 2 is 2.25 bits per heavy atom. The van der Waals surface area contributed by atoms with Gasteiger partial charge < -0.3 is 14.9 Å². The number of likely N-dealkylation sites (N-methyl/N-ethyl adjacent to an activating group) is 1. The Hall–Kier alpha value is -2.22. The molecule has 0 bridgehead atoms. The topological polar surface area (TPSA) is 99.8 Å². The number of carbonyl (C=O) groups is 1. The van der Waals surface area contributed by atoms with Crippen molar-refractivity contribution in [2.75, 3.05) is 31.6 Å². The lowest BCUT2D eigenvalue weighted by Gasteiger charge is -2.39. The Kier molecular flexibility index (Phi) is 3.84. The van der Waals surface area contributed by atoms with Crippen molar-refractivity contribution < 1.29 is 14.8 Å². The number of piperazine rings is 1. The van der Waals surface area contributed by atoms with Gasteiger partial charge in [-0.05, 0) is 14.0 Å². The number of aromatic carboxylic acids is 1. The quantitative estimate of drug-likeness (QED) is 0.646. The largest absolute Gasteiger partial charge is 0.478 e. The number of nitro groups is 1. The number of hydrogen-bond acceptors (Lipinski definition) is 6. The van der Waals surface area contributed by atoms with Crippen LogP contribution in [0, 0.1) is 10.1 Å². The van der Waals surface area contributed by atoms with Gasteiger partial charge in [0.2, 0.25) is 0 Å². The van der Waals surface area contributed by atoms with Crippen molar-refractivity contribution >= 4 is 17.5 Å². The number of nitrogens with zero attached hydrogens (tertiary/aromatic N) is 4. The SMILES string of the molecule is CC1CN(C)CCN1c1ncc([N+](=O)[O-])cc1C(=O)O. The summed E-state index contributed by atoms with van der Waals surface area (Å²) < 4.78 is 0. The highest BCUT2D eigenvalue weighted by molar-refractivity contribution is 5.94. The molecule has 20 heavy (non-hydrogen) atoms. The minimum atomic E-state index is -1.21. The van der Waals surface area contributed by atoms with Crippen molar-refractivity contribution in [3.8, 4) is 0 Å². The molecule has 8 heteroatoms. The maximum absolute atomic E-state index is 11.3. The van der Waals surface area contributed by atoms with Crippen LogP contribution in [0.2, 0.25) is 0 Å². The molecule has 0 saturated carbocycles. The third-order valence-corrected chi connectivity index (χ3v) is 3.40. The van der Waals surface area contributed by atoms with Gasteiger partial charge >= 0.3 is 5.97 Å². The van der Waals surface area contributed by atoms with Gasteiger partial charge in [0, 0.05) is 31.7 Å². The molecule has 0 spiro atoms. The van der Waals surface area contributed by atoms with E-state index in [4.69, 9.17) is 0 Å². The molecule has 2 heterocycles. The first-order valence-corrected chi connectivity index (χ1v) is 6.23. The van der Waals surface area contributed by atoms with Crippen LogP contribution in [0.3, 0.4) is 0 Å². The van der Waals surface area contributed by atoms with Gasteiger partial charge in [0.1, 0.15) is 17.6 Å². The standard InChI is InChI=1S/C12H16N4O4/c1-8-7-14(2)3-4-15(8)11-10(12(17)18)5-9(6-13-11)16(19)20/h5-6,8H,3-4,7H2,1-2H3,(H,17,18). The normalized spacial score (nSPS) is 19.9. The van der Waals surface area contributed by atoms with E-state index in [1.165, 1.54) is 0 Å². The minimum absolute atomic E-state index is 0.0980. The van der Waals surface area contributed by atoms with Gasteiger partial charge in [-0.15, -0.1) is 0 Å². The molecule has 2 rings (SSSR count). The van der Waals surface area contributed by atoms with Gasteiger partial charge in [0.25, 0.3) is 5.69 Å². The predicted molar refractivity (Wildman–Crippen MR) is 72.2 cm³/mol. The van der Waals surface area contributed by atoms with Gasteiger partial charge in [0.15, 0.2) is 0 Å². The third-order valence-electron chi connectivity index (χ3n) is 3.40. The van der Waals surface area contributed by atoms with Crippen LogP contribution in [-0.2, 0) is 0 Å². The summed E-state index contributed by atoms with van der Waals surface area (Å²) in [5.41, 5.74) is -0.441. The van der Waals surface area contributed by atoms with E-state index in [1.807, 2.05) is 18.9 Å². The van der Waals surface area contributed by atoms with Crippen molar-refractivity contribution in [1.82, 2.24) is 9.88 Å². The summed E-state index contributed by atoms with van der Waals surface area (Å²) in [6.07, 6.45) is 1.10. The van der Waals surface area contributed by atoms with E-state index >= 15 is 0 Å². The number of anilines is 1. The van der Waals surface area contributed by atoms with E-state index in [2.05, 4.69) is 9.88 Å². The fourth-order valence-electron chi connectivity index (χ4n) is 2.39. The number of carboxylic acid groups (broad SMARTS) is 1. The zero-order valence-corrected chi connectivity index (χ0v) is 11.3. The van der Waals surface area contributed by atoms with E-state index in [0.29, 0.717) is 12.4 Å². The van der Waals surface area contributed by atoms with Crippen LogP contribution in [-0.4, -0.2) is 58.6 Å². The summed E-state index contributed by atoms with van der Waals surface area (Å²) in [7, 11) is 2.00. The van der Waals surface area contributed by atoms with Crippen LogP contribution in [0.1, 0.15) is 17.3 Å². The van der Waals surface area contributed by atoms with Crippen LogP contribution in [0.15, 0.2) is 12.3 Å². The van der Waals surface area contributed by atoms with Gasteiger partial charge in [-0.3, -0.25) is 10.1 Å². The van der Waals surface area contributed by atoms with E-state index in [9.17, 15) is 20.0 Å². The molecule has 1 aromatic rings. The average Bonchev–Trinajstić information content (AvgIpc) is 2.38. The molecule has 1 N–H and O–H groups in total. The Labute approximate surface area is 115 Å². The van der Waals surface area contributed by atoms with Gasteiger partial charge in [-0.25, -0.2) is 9.78 Å². The lowest BCUT2D eigenvalue weighted by molar-refractivity contribution is -0.385. The Morgan fingerprint density at radius 1 is 1.55 bits per heavy atom. The number of aromatic nitrogens is 1. The summed E-state index contributed by atoms with van der Waals surface area (Å²) >= 11 is 0. The van der Waals surface area contributed by atoms with Crippen molar-refractivity contribution in [1.29, 1.82) is 0 Å². The zero-order chi connectivity index (χ0) is 14.9. The van der Waals surface area contributed by atoms with Gasteiger partial charge in [-0.2, -0.15) is 0 Å². The van der Waals surface area contributed by atoms with Crippen molar-refractivity contribution in [2.45, 2.75) is 13.0 Å². The number of rotatable bonds is 3. The first-order valence-electron chi connectivity index (χ1n) is 6.23. The second-order valence-electron chi connectivity index (χ2n) is 4.93. The summed E-state index contributed by atoms with van der Waals surface area (Å²) in [5.74, 6) is -0.911. The fraction of sp³-hybridized carbons (Fsp3) is 0.500. The highest BCUT2D eigenvalue weighted by atomic mass is 16.6. The second-order valence-corrected chi connectivity index (χ2v) is 4.93. The minimum Gasteiger partial charge on any atom is -0.478 e. The molecule has 0 aliphatic carbocycles. The predicted octanol–water partition coefficient (Wildman–Crippen LogP) is 0.828. The van der Waals surface area contributed by atoms with E-state index in [1.54, 1.807) is 0 Å². The monoisotopic (exact) mass is 280 g/mol. The first-order chi connectivity index (χ1) is 9.40. The summed E-state index contributed by atoms with van der Waals surface area (Å²) in [4.78, 5) is 29.4. The molecule has 1 aliphatic rings. The highest BCUT2D eigenvalue weighted by Crippen LogP contribution is 2.25. The van der Waals surface area contributed by atoms with Crippen LogP contribution >= 0.6 is 0 Å². The Morgan fingerprint density at radius 3 is 2.80 bits per heavy atom. The molecule has 1 aromatic heterocycles. The molecule has 1 saturated heterocycles. The highest BCUT2D eigenvalue weighted by Gasteiger charge is 2.28. The van der Waals surface area contributed by atoms with Crippen molar-refractivity contribution in [3.63, 3.8) is 0 Å². The lowest BCUT2D eigenvalue weighted by Crippen LogP contribution is -2.51. The molecular formula is C12H16N4O4. The average molecular weight is 280 g/mol. The van der Waals surface area contributed by atoms with Gasteiger partial charge in [0.05, 0.1) is 4.92 Å². The van der Waals surface area contributed by atoms with E-state index in [-0.39, 0.29) is 17.3 Å².